The summed E-state index contributed by atoms with van der Waals surface area (Å²) in [5.74, 6) is -1.41. The van der Waals surface area contributed by atoms with Gasteiger partial charge in [0, 0.05) is 11.1 Å². The summed E-state index contributed by atoms with van der Waals surface area (Å²) in [6.07, 6.45) is 22.7. The Balaban J connectivity index is 3.36. The fraction of sp³-hybridized carbons (Fsp3) is 0.769. The van der Waals surface area contributed by atoms with Crippen LogP contribution in [0.15, 0.2) is 23.8 Å². The molecule has 0 aliphatic rings. The second kappa shape index (κ2) is 20.7. The van der Waals surface area contributed by atoms with Gasteiger partial charge in [0.05, 0.1) is 6.61 Å². The molecule has 1 N–H and O–H groups in total. The van der Waals surface area contributed by atoms with Gasteiger partial charge < -0.3 is 9.84 Å². The third-order valence-corrected chi connectivity index (χ3v) is 5.51. The van der Waals surface area contributed by atoms with Crippen LogP contribution in [-0.4, -0.2) is 23.7 Å². The first kappa shape index (κ1) is 28.4. The Morgan fingerprint density at radius 3 is 1.57 bits per heavy atom. The fourth-order valence-electron chi connectivity index (χ4n) is 3.36. The molecule has 0 rings (SSSR count). The van der Waals surface area contributed by atoms with Gasteiger partial charge in [0.15, 0.2) is 0 Å². The molecule has 0 aliphatic heterocycles. The van der Waals surface area contributed by atoms with Crippen LogP contribution in [0.4, 0.5) is 0 Å². The molecule has 0 aromatic heterocycles. The first-order valence-corrected chi connectivity index (χ1v) is 12.2. The Hall–Kier alpha value is -1.58. The molecule has 0 aliphatic carbocycles. The van der Waals surface area contributed by atoms with E-state index in [0.717, 1.165) is 12.8 Å². The zero-order valence-corrected chi connectivity index (χ0v) is 19.7. The highest BCUT2D eigenvalue weighted by Crippen LogP contribution is 2.14. The molecule has 0 saturated heterocycles. The number of carbonyl (C=O) groups excluding carboxylic acids is 1. The summed E-state index contributed by atoms with van der Waals surface area (Å²) in [5.41, 5.74) is 0.508. The predicted molar refractivity (Wildman–Crippen MR) is 126 cm³/mol. The van der Waals surface area contributed by atoms with Gasteiger partial charge in [-0.2, -0.15) is 0 Å². The van der Waals surface area contributed by atoms with E-state index in [1.807, 2.05) is 0 Å². The first-order valence-electron chi connectivity index (χ1n) is 12.2. The van der Waals surface area contributed by atoms with Crippen LogP contribution in [0.2, 0.25) is 0 Å². The lowest BCUT2D eigenvalue weighted by atomic mass is 10.0. The minimum absolute atomic E-state index is 0.210. The number of hydrogen-bond donors (Lipinski definition) is 1. The summed E-state index contributed by atoms with van der Waals surface area (Å²) in [6, 6.07) is 0. The third kappa shape index (κ3) is 18.4. The quantitative estimate of drug-likeness (QED) is 0.117. The standard InChI is InChI=1S/C26H46O4/c1-4-5-6-7-8-9-10-11-12-13-14-15-16-17-18-19-22-30-26(29)24(3)21-20-23(2)25(27)28/h20H,3-19,21-22H2,1-2H3,(H,27,28). The summed E-state index contributed by atoms with van der Waals surface area (Å²) >= 11 is 0. The van der Waals surface area contributed by atoms with Crippen molar-refractivity contribution in [2.24, 2.45) is 0 Å². The van der Waals surface area contributed by atoms with Crippen molar-refractivity contribution >= 4 is 11.9 Å². The lowest BCUT2D eigenvalue weighted by Crippen LogP contribution is -2.08. The van der Waals surface area contributed by atoms with E-state index in [9.17, 15) is 9.59 Å². The average molecular weight is 423 g/mol. The zero-order chi connectivity index (χ0) is 22.5. The lowest BCUT2D eigenvalue weighted by molar-refractivity contribution is -0.139. The molecule has 174 valence electrons. The highest BCUT2D eigenvalue weighted by molar-refractivity contribution is 5.89. The molecule has 0 amide bonds. The maximum atomic E-state index is 11.8. The molecule has 0 bridgehead atoms. The van der Waals surface area contributed by atoms with Gasteiger partial charge in [-0.05, 0) is 19.8 Å². The topological polar surface area (TPSA) is 63.6 Å². The molecule has 0 heterocycles. The van der Waals surface area contributed by atoms with E-state index >= 15 is 0 Å². The summed E-state index contributed by atoms with van der Waals surface area (Å²) in [5, 5.41) is 8.79. The van der Waals surface area contributed by atoms with Crippen molar-refractivity contribution in [1.29, 1.82) is 0 Å². The van der Waals surface area contributed by atoms with Crippen LogP contribution in [0.3, 0.4) is 0 Å². The molecular formula is C26H46O4. The number of esters is 1. The van der Waals surface area contributed by atoms with Gasteiger partial charge in [-0.15, -0.1) is 0 Å². The molecule has 4 nitrogen and oxygen atoms in total. The number of carbonyl (C=O) groups is 2. The van der Waals surface area contributed by atoms with Gasteiger partial charge in [0.1, 0.15) is 0 Å². The molecule has 0 aromatic rings. The van der Waals surface area contributed by atoms with Crippen molar-refractivity contribution < 1.29 is 19.4 Å². The number of unbranched alkanes of at least 4 members (excludes halogenated alkanes) is 15. The minimum atomic E-state index is -0.982. The number of carboxylic acids is 1. The van der Waals surface area contributed by atoms with E-state index in [1.165, 1.54) is 103 Å². The average Bonchev–Trinajstić information content (AvgIpc) is 2.73. The minimum Gasteiger partial charge on any atom is -0.478 e. The molecule has 0 spiro atoms. The van der Waals surface area contributed by atoms with Gasteiger partial charge in [-0.1, -0.05) is 116 Å². The second-order valence-corrected chi connectivity index (χ2v) is 8.44. The number of carboxylic acid groups (broad SMARTS) is 1. The summed E-state index contributed by atoms with van der Waals surface area (Å²) in [6.45, 7) is 7.85. The van der Waals surface area contributed by atoms with Crippen molar-refractivity contribution in [3.63, 3.8) is 0 Å². The van der Waals surface area contributed by atoms with Gasteiger partial charge >= 0.3 is 11.9 Å². The van der Waals surface area contributed by atoms with E-state index in [2.05, 4.69) is 13.5 Å². The Kier molecular flexibility index (Phi) is 19.6. The van der Waals surface area contributed by atoms with Crippen molar-refractivity contribution in [2.75, 3.05) is 6.61 Å². The van der Waals surface area contributed by atoms with E-state index in [1.54, 1.807) is 0 Å². The van der Waals surface area contributed by atoms with Crippen LogP contribution in [0.1, 0.15) is 123 Å². The fourth-order valence-corrected chi connectivity index (χ4v) is 3.36. The Morgan fingerprint density at radius 1 is 0.767 bits per heavy atom. The van der Waals surface area contributed by atoms with Crippen LogP contribution < -0.4 is 0 Å². The summed E-state index contributed by atoms with van der Waals surface area (Å²) in [7, 11) is 0. The summed E-state index contributed by atoms with van der Waals surface area (Å²) in [4.78, 5) is 22.5. The maximum Gasteiger partial charge on any atom is 0.333 e. The number of allylic oxidation sites excluding steroid dienone is 1. The normalized spacial score (nSPS) is 11.5. The van der Waals surface area contributed by atoms with Crippen molar-refractivity contribution in [2.45, 2.75) is 123 Å². The molecule has 0 aromatic carbocycles. The van der Waals surface area contributed by atoms with E-state index < -0.39 is 11.9 Å². The molecule has 0 radical (unpaired) electrons. The van der Waals surface area contributed by atoms with E-state index in [4.69, 9.17) is 9.84 Å². The first-order chi connectivity index (χ1) is 14.5. The lowest BCUT2D eigenvalue weighted by Gasteiger charge is -2.06. The molecule has 0 fully saturated rings. The molecule has 0 atom stereocenters. The number of ether oxygens (including phenoxy) is 1. The SMILES string of the molecule is C=C(CC=C(C)C(=O)O)C(=O)OCCCCCCCCCCCCCCCCCC. The maximum absolute atomic E-state index is 11.8. The second-order valence-electron chi connectivity index (χ2n) is 8.44. The number of hydrogen-bond acceptors (Lipinski definition) is 3. The van der Waals surface area contributed by atoms with Gasteiger partial charge in [0.2, 0.25) is 0 Å². The van der Waals surface area contributed by atoms with E-state index in [0.29, 0.717) is 12.2 Å². The molecule has 30 heavy (non-hydrogen) atoms. The van der Waals surface area contributed by atoms with Crippen LogP contribution in [-0.2, 0) is 14.3 Å². The van der Waals surface area contributed by atoms with Crippen molar-refractivity contribution in [3.8, 4) is 0 Å². The zero-order valence-electron chi connectivity index (χ0n) is 19.7. The monoisotopic (exact) mass is 422 g/mol. The van der Waals surface area contributed by atoms with Crippen molar-refractivity contribution in [3.05, 3.63) is 23.8 Å². The van der Waals surface area contributed by atoms with Crippen molar-refractivity contribution in [1.82, 2.24) is 0 Å². The Morgan fingerprint density at radius 2 is 1.17 bits per heavy atom. The highest BCUT2D eigenvalue weighted by atomic mass is 16.5. The van der Waals surface area contributed by atoms with Gasteiger partial charge in [-0.3, -0.25) is 0 Å². The van der Waals surface area contributed by atoms with Gasteiger partial charge in [-0.25, -0.2) is 9.59 Å². The number of aliphatic carboxylic acids is 1. The molecule has 0 unspecified atom stereocenters. The molecule has 0 saturated carbocycles. The number of rotatable bonds is 21. The largest absolute Gasteiger partial charge is 0.478 e. The van der Waals surface area contributed by atoms with Crippen LogP contribution >= 0.6 is 0 Å². The van der Waals surface area contributed by atoms with Crippen LogP contribution in [0.5, 0.6) is 0 Å². The van der Waals surface area contributed by atoms with Gasteiger partial charge in [0.25, 0.3) is 0 Å². The summed E-state index contributed by atoms with van der Waals surface area (Å²) < 4.78 is 5.20. The molecule has 4 heteroatoms. The predicted octanol–water partition coefficient (Wildman–Crippen LogP) is 7.77. The Labute approximate surface area is 185 Å². The smallest absolute Gasteiger partial charge is 0.333 e. The van der Waals surface area contributed by atoms with E-state index in [-0.39, 0.29) is 12.0 Å². The van der Waals surface area contributed by atoms with Crippen LogP contribution in [0.25, 0.3) is 0 Å². The third-order valence-electron chi connectivity index (χ3n) is 5.51. The van der Waals surface area contributed by atoms with Crippen LogP contribution in [0, 0.1) is 0 Å². The highest BCUT2D eigenvalue weighted by Gasteiger charge is 2.08. The Bertz CT molecular complexity index is 493. The molecular weight excluding hydrogens is 376 g/mol.